The van der Waals surface area contributed by atoms with Crippen LogP contribution in [0.3, 0.4) is 0 Å². The summed E-state index contributed by atoms with van der Waals surface area (Å²) in [7, 11) is 0. The van der Waals surface area contributed by atoms with Crippen LogP contribution in [0.5, 0.6) is 11.5 Å². The van der Waals surface area contributed by atoms with Crippen molar-refractivity contribution in [1.82, 2.24) is 5.43 Å². The first-order chi connectivity index (χ1) is 11.0. The molecule has 120 valence electrons. The number of carbonyl (C=O) groups excluding carboxylic acids is 1. The zero-order valence-electron chi connectivity index (χ0n) is 11.5. The van der Waals surface area contributed by atoms with Crippen molar-refractivity contribution < 1.29 is 23.4 Å². The highest BCUT2D eigenvalue weighted by Gasteiger charge is 2.07. The number of ether oxygens (including phenoxy) is 1. The lowest BCUT2D eigenvalue weighted by Gasteiger charge is -2.05. The van der Waals surface area contributed by atoms with Crippen LogP contribution in [-0.4, -0.2) is 23.8 Å². The minimum Gasteiger partial charge on any atom is -0.507 e. The summed E-state index contributed by atoms with van der Waals surface area (Å²) in [6.07, 6.45) is 1.29. The van der Waals surface area contributed by atoms with Gasteiger partial charge in [0.2, 0.25) is 0 Å². The van der Waals surface area contributed by atoms with Crippen LogP contribution in [-0.2, 0) is 0 Å². The summed E-state index contributed by atoms with van der Waals surface area (Å²) in [6, 6.07) is 10.00. The molecule has 23 heavy (non-hydrogen) atoms. The van der Waals surface area contributed by atoms with Gasteiger partial charge in [0.15, 0.2) is 0 Å². The Balaban J connectivity index is 1.97. The molecule has 0 saturated heterocycles. The van der Waals surface area contributed by atoms with Gasteiger partial charge in [-0.05, 0) is 42.5 Å². The molecule has 0 atom stereocenters. The maximum Gasteiger partial charge on any atom is 0.387 e. The van der Waals surface area contributed by atoms with Crippen LogP contribution in [0.25, 0.3) is 0 Å². The van der Waals surface area contributed by atoms with Gasteiger partial charge in [-0.15, -0.1) is 0 Å². The Morgan fingerprint density at radius 3 is 2.57 bits per heavy atom. The highest BCUT2D eigenvalue weighted by molar-refractivity contribution is 9.10. The molecular weight excluding hydrogens is 374 g/mol. The molecule has 1 amide bonds. The molecule has 0 bridgehead atoms. The van der Waals surface area contributed by atoms with Crippen molar-refractivity contribution in [2.24, 2.45) is 5.10 Å². The first kappa shape index (κ1) is 16.9. The van der Waals surface area contributed by atoms with Crippen LogP contribution in [0.2, 0.25) is 0 Å². The minimum atomic E-state index is -2.92. The van der Waals surface area contributed by atoms with Gasteiger partial charge in [-0.1, -0.05) is 15.9 Å². The highest BCUT2D eigenvalue weighted by Crippen LogP contribution is 2.20. The van der Waals surface area contributed by atoms with Gasteiger partial charge >= 0.3 is 6.61 Å². The molecule has 0 radical (unpaired) electrons. The summed E-state index contributed by atoms with van der Waals surface area (Å²) in [5.74, 6) is -0.563. The van der Waals surface area contributed by atoms with E-state index in [0.717, 1.165) is 0 Å². The summed E-state index contributed by atoms with van der Waals surface area (Å²) >= 11 is 3.21. The fourth-order valence-electron chi connectivity index (χ4n) is 1.64. The lowest BCUT2D eigenvalue weighted by atomic mass is 10.2. The zero-order chi connectivity index (χ0) is 16.8. The van der Waals surface area contributed by atoms with Gasteiger partial charge in [-0.25, -0.2) is 5.43 Å². The number of rotatable bonds is 5. The van der Waals surface area contributed by atoms with Gasteiger partial charge in [0.1, 0.15) is 11.5 Å². The third-order valence-corrected chi connectivity index (χ3v) is 3.20. The molecular formula is C15H11BrF2N2O3. The number of hydrazone groups is 1. The lowest BCUT2D eigenvalue weighted by Crippen LogP contribution is -2.17. The lowest BCUT2D eigenvalue weighted by molar-refractivity contribution is -0.0498. The number of phenols is 1. The molecule has 0 fully saturated rings. The Hall–Kier alpha value is -2.48. The second kappa shape index (κ2) is 7.68. The van der Waals surface area contributed by atoms with E-state index < -0.39 is 12.5 Å². The van der Waals surface area contributed by atoms with Gasteiger partial charge in [0.05, 0.1) is 6.21 Å². The number of alkyl halides is 2. The van der Waals surface area contributed by atoms with Crippen LogP contribution in [0.4, 0.5) is 8.78 Å². The first-order valence-electron chi connectivity index (χ1n) is 6.32. The van der Waals surface area contributed by atoms with Crippen molar-refractivity contribution in [3.8, 4) is 11.5 Å². The number of nitrogens with zero attached hydrogens (tertiary/aromatic N) is 1. The average Bonchev–Trinajstić information content (AvgIpc) is 2.49. The number of halogens is 3. The van der Waals surface area contributed by atoms with E-state index in [1.54, 1.807) is 12.1 Å². The van der Waals surface area contributed by atoms with Crippen molar-refractivity contribution in [2.45, 2.75) is 6.61 Å². The molecule has 8 heteroatoms. The molecule has 0 aliphatic rings. The second-order valence-corrected chi connectivity index (χ2v) is 5.22. The van der Waals surface area contributed by atoms with Crippen LogP contribution < -0.4 is 10.2 Å². The molecule has 2 N–H and O–H groups in total. The number of hydrogen-bond donors (Lipinski definition) is 2. The molecule has 0 spiro atoms. The highest BCUT2D eigenvalue weighted by atomic mass is 79.9. The predicted octanol–water partition coefficient (Wildman–Crippen LogP) is 3.52. The quantitative estimate of drug-likeness (QED) is 0.611. The Morgan fingerprint density at radius 2 is 1.96 bits per heavy atom. The van der Waals surface area contributed by atoms with Crippen LogP contribution in [0.15, 0.2) is 52.0 Å². The summed E-state index contributed by atoms with van der Waals surface area (Å²) in [5, 5.41) is 13.4. The maximum absolute atomic E-state index is 12.0. The van der Waals surface area contributed by atoms with E-state index in [4.69, 9.17) is 0 Å². The third-order valence-electron chi connectivity index (χ3n) is 2.70. The van der Waals surface area contributed by atoms with Crippen LogP contribution >= 0.6 is 15.9 Å². The fourth-order valence-corrected chi connectivity index (χ4v) is 1.99. The number of amides is 1. The van der Waals surface area contributed by atoms with Crippen molar-refractivity contribution in [3.63, 3.8) is 0 Å². The monoisotopic (exact) mass is 384 g/mol. The Bertz CT molecular complexity index is 721. The topological polar surface area (TPSA) is 70.9 Å². The molecule has 0 unspecified atom stereocenters. The first-order valence-corrected chi connectivity index (χ1v) is 7.12. The van der Waals surface area contributed by atoms with Crippen LogP contribution in [0.1, 0.15) is 15.9 Å². The number of aromatic hydroxyl groups is 1. The Labute approximate surface area is 138 Å². The molecule has 0 aromatic heterocycles. The van der Waals surface area contributed by atoms with Crippen LogP contribution in [0, 0.1) is 0 Å². The number of phenolic OH excluding ortho intramolecular Hbond substituents is 1. The fraction of sp³-hybridized carbons (Fsp3) is 0.0667. The normalized spacial score (nSPS) is 11.0. The number of benzene rings is 2. The van der Waals surface area contributed by atoms with E-state index in [1.165, 1.54) is 36.5 Å². The van der Waals surface area contributed by atoms with E-state index >= 15 is 0 Å². The van der Waals surface area contributed by atoms with Crippen molar-refractivity contribution >= 4 is 28.1 Å². The van der Waals surface area contributed by atoms with Gasteiger partial charge in [-0.3, -0.25) is 4.79 Å². The van der Waals surface area contributed by atoms with Crippen molar-refractivity contribution in [1.29, 1.82) is 0 Å². The van der Waals surface area contributed by atoms with Gasteiger partial charge in [-0.2, -0.15) is 13.9 Å². The largest absolute Gasteiger partial charge is 0.507 e. The predicted molar refractivity (Wildman–Crippen MR) is 83.9 cm³/mol. The Morgan fingerprint density at radius 1 is 1.26 bits per heavy atom. The van der Waals surface area contributed by atoms with Crippen molar-refractivity contribution in [2.75, 3.05) is 0 Å². The van der Waals surface area contributed by atoms with E-state index in [0.29, 0.717) is 10.0 Å². The molecule has 0 aliphatic carbocycles. The van der Waals surface area contributed by atoms with Crippen molar-refractivity contribution in [3.05, 3.63) is 58.1 Å². The molecule has 2 aromatic carbocycles. The smallest absolute Gasteiger partial charge is 0.387 e. The summed E-state index contributed by atoms with van der Waals surface area (Å²) < 4.78 is 28.9. The zero-order valence-corrected chi connectivity index (χ0v) is 13.1. The molecule has 0 aliphatic heterocycles. The Kier molecular flexibility index (Phi) is 5.64. The van der Waals surface area contributed by atoms with E-state index in [9.17, 15) is 18.7 Å². The minimum absolute atomic E-state index is 0.00544. The average molecular weight is 385 g/mol. The second-order valence-electron chi connectivity index (χ2n) is 4.31. The van der Waals surface area contributed by atoms with Gasteiger partial charge in [0, 0.05) is 15.6 Å². The molecule has 5 nitrogen and oxygen atoms in total. The molecule has 0 heterocycles. The molecule has 0 saturated carbocycles. The third kappa shape index (κ3) is 5.03. The number of nitrogens with one attached hydrogen (secondary N) is 1. The van der Waals surface area contributed by atoms with Gasteiger partial charge in [0.25, 0.3) is 5.91 Å². The van der Waals surface area contributed by atoms with E-state index in [1.807, 2.05) is 0 Å². The summed E-state index contributed by atoms with van der Waals surface area (Å²) in [6.45, 7) is -2.92. The summed E-state index contributed by atoms with van der Waals surface area (Å²) in [5.41, 5.74) is 2.92. The van der Waals surface area contributed by atoms with Gasteiger partial charge < -0.3 is 9.84 Å². The molecule has 2 aromatic rings. The number of carbonyl (C=O) groups is 1. The van der Waals surface area contributed by atoms with E-state index in [2.05, 4.69) is 31.2 Å². The maximum atomic E-state index is 12.0. The number of hydrogen-bond acceptors (Lipinski definition) is 4. The molecule has 2 rings (SSSR count). The standard InChI is InChI=1S/C15H11BrF2N2O3/c16-11-4-1-10(13(21)7-11)8-19-20-14(22)9-2-5-12(6-3-9)23-15(17)18/h1-8,15,21H,(H,20,22)/b19-8+. The summed E-state index contributed by atoms with van der Waals surface area (Å²) in [4.78, 5) is 11.8. The van der Waals surface area contributed by atoms with E-state index in [-0.39, 0.29) is 17.1 Å². The SMILES string of the molecule is O=C(N/N=C/c1ccc(Br)cc1O)c1ccc(OC(F)F)cc1.